The summed E-state index contributed by atoms with van der Waals surface area (Å²) in [5, 5.41) is 1.48. The van der Waals surface area contributed by atoms with Gasteiger partial charge in [0.05, 0.1) is 11.6 Å². The summed E-state index contributed by atoms with van der Waals surface area (Å²) in [5.41, 5.74) is 1.73. The standard InChI is InChI=1S/C15H19ClN2OS/c1-10(18-20(19)15(2,3)4)12-9-11-7-5-6-8-13(11)17-14(12)16/h5-10,18H,1-4H3/t10-,20-/m0/s1. The molecule has 1 heterocycles. The highest BCUT2D eigenvalue weighted by Crippen LogP contribution is 2.27. The van der Waals surface area contributed by atoms with Crippen LogP contribution in [0.3, 0.4) is 0 Å². The third kappa shape index (κ3) is 3.44. The summed E-state index contributed by atoms with van der Waals surface area (Å²) < 4.78 is 14.9. The van der Waals surface area contributed by atoms with E-state index in [0.29, 0.717) is 5.15 Å². The van der Waals surface area contributed by atoms with Gasteiger partial charge in [-0.25, -0.2) is 4.98 Å². The lowest BCUT2D eigenvalue weighted by molar-refractivity contribution is 0.531. The number of rotatable bonds is 3. The number of benzene rings is 1. The first-order valence-electron chi connectivity index (χ1n) is 6.52. The lowest BCUT2D eigenvalue weighted by atomic mass is 10.1. The molecule has 2 rings (SSSR count). The summed E-state index contributed by atoms with van der Waals surface area (Å²) >= 11 is 5.10. The Morgan fingerprint density at radius 2 is 1.95 bits per heavy atom. The molecule has 0 aliphatic carbocycles. The van der Waals surface area contributed by atoms with Gasteiger partial charge in [-0.15, -0.1) is 4.72 Å². The van der Waals surface area contributed by atoms with E-state index in [4.69, 9.17) is 11.6 Å². The topological polar surface area (TPSA) is 48.0 Å². The predicted molar refractivity (Wildman–Crippen MR) is 86.2 cm³/mol. The average Bonchev–Trinajstić information content (AvgIpc) is 2.36. The van der Waals surface area contributed by atoms with Gasteiger partial charge >= 0.3 is 0 Å². The van der Waals surface area contributed by atoms with Crippen LogP contribution in [0.1, 0.15) is 39.3 Å². The first-order valence-corrected chi connectivity index (χ1v) is 8.05. The van der Waals surface area contributed by atoms with Gasteiger partial charge in [-0.05, 0) is 39.8 Å². The molecule has 0 saturated carbocycles. The number of para-hydroxylation sites is 1. The minimum absolute atomic E-state index is 0.125. The molecule has 2 atom stereocenters. The number of pyridine rings is 1. The molecule has 2 aromatic rings. The van der Waals surface area contributed by atoms with Crippen molar-refractivity contribution in [3.05, 3.63) is 41.0 Å². The van der Waals surface area contributed by atoms with Crippen molar-refractivity contribution >= 4 is 33.9 Å². The van der Waals surface area contributed by atoms with Crippen LogP contribution in [-0.2, 0) is 11.4 Å². The van der Waals surface area contributed by atoms with Crippen LogP contribution in [0, 0.1) is 0 Å². The quantitative estimate of drug-likeness (QED) is 0.688. The summed E-state index contributed by atoms with van der Waals surface area (Å²) in [6.07, 6.45) is 0. The van der Waals surface area contributed by atoms with E-state index in [2.05, 4.69) is 9.71 Å². The highest BCUT2D eigenvalue weighted by molar-refractivity contribution is 7.90. The second kappa shape index (κ2) is 5.90. The third-order valence-electron chi connectivity index (χ3n) is 3.01. The van der Waals surface area contributed by atoms with Crippen molar-refractivity contribution in [1.29, 1.82) is 0 Å². The number of nitrogens with one attached hydrogen (secondary N) is 1. The SMILES string of the molecule is C[C@H](N[S@@+]([O-])C(C)(C)C)c1cc2ccccc2nc1Cl. The zero-order chi connectivity index (χ0) is 14.9. The Morgan fingerprint density at radius 1 is 1.30 bits per heavy atom. The number of hydrogen-bond donors (Lipinski definition) is 1. The molecule has 1 N–H and O–H groups in total. The molecule has 0 spiro atoms. The molecule has 108 valence electrons. The minimum atomic E-state index is -1.15. The average molecular weight is 311 g/mol. The Hall–Kier alpha value is -0.810. The van der Waals surface area contributed by atoms with Crippen molar-refractivity contribution in [2.75, 3.05) is 0 Å². The van der Waals surface area contributed by atoms with E-state index in [1.807, 2.05) is 58.0 Å². The molecule has 3 nitrogen and oxygen atoms in total. The van der Waals surface area contributed by atoms with Gasteiger partial charge in [0.1, 0.15) is 9.90 Å². The first kappa shape index (κ1) is 15.6. The van der Waals surface area contributed by atoms with Gasteiger partial charge < -0.3 is 4.55 Å². The van der Waals surface area contributed by atoms with Crippen LogP contribution in [0.2, 0.25) is 5.15 Å². The van der Waals surface area contributed by atoms with Crippen LogP contribution in [0.4, 0.5) is 0 Å². The lowest BCUT2D eigenvalue weighted by Gasteiger charge is -2.26. The van der Waals surface area contributed by atoms with Gasteiger partial charge in [0.2, 0.25) is 0 Å². The number of fused-ring (bicyclic) bond motifs is 1. The van der Waals surface area contributed by atoms with Crippen LogP contribution < -0.4 is 4.72 Å². The number of halogens is 1. The molecular weight excluding hydrogens is 292 g/mol. The number of hydrogen-bond acceptors (Lipinski definition) is 3. The fourth-order valence-electron chi connectivity index (χ4n) is 1.81. The highest BCUT2D eigenvalue weighted by Gasteiger charge is 2.29. The van der Waals surface area contributed by atoms with Crippen LogP contribution in [0.15, 0.2) is 30.3 Å². The second-order valence-electron chi connectivity index (χ2n) is 5.78. The fraction of sp³-hybridized carbons (Fsp3) is 0.400. The molecule has 0 amide bonds. The fourth-order valence-corrected chi connectivity index (χ4v) is 2.92. The van der Waals surface area contributed by atoms with Crippen molar-refractivity contribution < 1.29 is 4.55 Å². The molecule has 0 aliphatic heterocycles. The van der Waals surface area contributed by atoms with E-state index >= 15 is 0 Å². The molecule has 0 saturated heterocycles. The van der Waals surface area contributed by atoms with E-state index in [1.165, 1.54) is 0 Å². The van der Waals surface area contributed by atoms with Crippen molar-refractivity contribution in [3.8, 4) is 0 Å². The molecule has 0 bridgehead atoms. The summed E-state index contributed by atoms with van der Waals surface area (Å²) in [5.74, 6) is 0. The van der Waals surface area contributed by atoms with Crippen LogP contribution in [0.25, 0.3) is 10.9 Å². The summed E-state index contributed by atoms with van der Waals surface area (Å²) in [6.45, 7) is 7.75. The molecule has 0 fully saturated rings. The molecule has 20 heavy (non-hydrogen) atoms. The predicted octanol–water partition coefficient (Wildman–Crippen LogP) is 4.00. The second-order valence-corrected chi connectivity index (χ2v) is 8.14. The zero-order valence-corrected chi connectivity index (χ0v) is 13.7. The van der Waals surface area contributed by atoms with Crippen molar-refractivity contribution in [2.24, 2.45) is 0 Å². The highest BCUT2D eigenvalue weighted by atomic mass is 35.5. The summed E-state index contributed by atoms with van der Waals surface area (Å²) in [6, 6.07) is 9.70. The van der Waals surface area contributed by atoms with Crippen LogP contribution in [-0.4, -0.2) is 14.3 Å². The molecule has 0 radical (unpaired) electrons. The molecular formula is C15H19ClN2OS. The number of aromatic nitrogens is 1. The summed E-state index contributed by atoms with van der Waals surface area (Å²) in [7, 11) is 0. The van der Waals surface area contributed by atoms with Gasteiger partial charge in [-0.2, -0.15) is 0 Å². The van der Waals surface area contributed by atoms with E-state index in [9.17, 15) is 4.55 Å². The van der Waals surface area contributed by atoms with Crippen molar-refractivity contribution in [3.63, 3.8) is 0 Å². The maximum absolute atomic E-state index is 12.2. The van der Waals surface area contributed by atoms with Gasteiger partial charge in [-0.3, -0.25) is 0 Å². The van der Waals surface area contributed by atoms with Gasteiger partial charge in [0, 0.05) is 22.3 Å². The Morgan fingerprint density at radius 3 is 2.60 bits per heavy atom. The molecule has 0 aliphatic rings. The zero-order valence-electron chi connectivity index (χ0n) is 12.1. The Kier molecular flexibility index (Phi) is 4.59. The van der Waals surface area contributed by atoms with E-state index in [1.54, 1.807) is 0 Å². The van der Waals surface area contributed by atoms with Gasteiger partial charge in [0.15, 0.2) is 0 Å². The van der Waals surface area contributed by atoms with Gasteiger partial charge in [-0.1, -0.05) is 29.8 Å². The Balaban J connectivity index is 2.30. The Labute approximate surface area is 128 Å². The van der Waals surface area contributed by atoms with E-state index in [-0.39, 0.29) is 10.8 Å². The third-order valence-corrected chi connectivity index (χ3v) is 4.99. The monoisotopic (exact) mass is 310 g/mol. The maximum atomic E-state index is 12.2. The lowest BCUT2D eigenvalue weighted by Crippen LogP contribution is -2.40. The van der Waals surface area contributed by atoms with Crippen LogP contribution >= 0.6 is 11.6 Å². The molecule has 1 aromatic carbocycles. The number of nitrogens with zero attached hydrogens (tertiary/aromatic N) is 1. The first-order chi connectivity index (χ1) is 9.29. The maximum Gasteiger partial charge on any atom is 0.136 e. The van der Waals surface area contributed by atoms with Crippen molar-refractivity contribution in [2.45, 2.75) is 38.5 Å². The summed E-state index contributed by atoms with van der Waals surface area (Å²) in [4.78, 5) is 4.39. The van der Waals surface area contributed by atoms with Gasteiger partial charge in [0.25, 0.3) is 0 Å². The molecule has 5 heteroatoms. The Bertz CT molecular complexity index is 612. The molecule has 1 aromatic heterocycles. The smallest absolute Gasteiger partial charge is 0.136 e. The minimum Gasteiger partial charge on any atom is -0.598 e. The van der Waals surface area contributed by atoms with Crippen molar-refractivity contribution in [1.82, 2.24) is 9.71 Å². The van der Waals surface area contributed by atoms with E-state index in [0.717, 1.165) is 16.5 Å². The molecule has 0 unspecified atom stereocenters. The largest absolute Gasteiger partial charge is 0.598 e. The van der Waals surface area contributed by atoms with E-state index < -0.39 is 11.4 Å². The normalized spacial score (nSPS) is 15.3. The van der Waals surface area contributed by atoms with Crippen LogP contribution in [0.5, 0.6) is 0 Å².